The topological polar surface area (TPSA) is 223 Å². The first kappa shape index (κ1) is 64.0. The van der Waals surface area contributed by atoms with Gasteiger partial charge in [0.25, 0.3) is 5.91 Å². The van der Waals surface area contributed by atoms with Gasteiger partial charge in [0.1, 0.15) is 29.5 Å². The van der Waals surface area contributed by atoms with Crippen molar-refractivity contribution in [3.63, 3.8) is 0 Å². The second-order valence-electron chi connectivity index (χ2n) is 21.1. The molecule has 3 saturated heterocycles. The molecule has 0 spiro atoms. The molecule has 4 heterocycles. The molecule has 6 atom stereocenters. The van der Waals surface area contributed by atoms with Gasteiger partial charge >= 0.3 is 31.1 Å². The maximum atomic E-state index is 16.0. The highest BCUT2D eigenvalue weighted by atomic mass is 19.4. The molecule has 3 aromatic rings. The number of alkyl carbamates (subject to hydrolysis) is 2. The molecule has 3 fully saturated rings. The van der Waals surface area contributed by atoms with Gasteiger partial charge in [0.05, 0.1) is 67.9 Å². The van der Waals surface area contributed by atoms with Crippen molar-refractivity contribution in [2.45, 2.75) is 122 Å². The second kappa shape index (κ2) is 26.4. The van der Waals surface area contributed by atoms with Crippen molar-refractivity contribution in [3.05, 3.63) is 106 Å². The summed E-state index contributed by atoms with van der Waals surface area (Å²) < 4.78 is 159. The number of allylic oxidation sites excluding steroid dienone is 1. The first-order valence-corrected chi connectivity index (χ1v) is 25.7. The Morgan fingerprint density at radius 3 is 1.87 bits per heavy atom. The van der Waals surface area contributed by atoms with E-state index < -0.39 is 126 Å². The minimum Gasteiger partial charge on any atom is -0.453 e. The summed E-state index contributed by atoms with van der Waals surface area (Å²) in [5, 5.41) is 28.1. The van der Waals surface area contributed by atoms with E-state index in [9.17, 15) is 59.4 Å². The Morgan fingerprint density at radius 1 is 0.829 bits per heavy atom. The Morgan fingerprint density at radius 2 is 1.38 bits per heavy atom. The molecule has 7 N–H and O–H groups in total. The summed E-state index contributed by atoms with van der Waals surface area (Å²) in [4.78, 5) is 62.6. The van der Waals surface area contributed by atoms with Crippen LogP contribution in [0.15, 0.2) is 60.8 Å². The number of methoxy groups -OCH3 is 2. The van der Waals surface area contributed by atoms with E-state index in [1.165, 1.54) is 12.1 Å². The normalized spacial score (nSPS) is 18.4. The van der Waals surface area contributed by atoms with Gasteiger partial charge in [-0.05, 0) is 102 Å². The average Bonchev–Trinajstić information content (AvgIpc) is 3.44. The number of benzene rings is 2. The Labute approximate surface area is 466 Å². The molecule has 3 aliphatic heterocycles. The predicted molar refractivity (Wildman–Crippen MR) is 277 cm³/mol. The lowest BCUT2D eigenvalue weighted by molar-refractivity contribution is -0.221. The summed E-state index contributed by atoms with van der Waals surface area (Å²) in [6.07, 6.45) is -12.5. The van der Waals surface area contributed by atoms with Crippen molar-refractivity contribution < 1.29 is 82.4 Å². The fraction of sp³-hybridized carbons (Fsp3) is 0.519. The number of halogens is 10. The zero-order valence-electron chi connectivity index (χ0n) is 45.6. The van der Waals surface area contributed by atoms with Gasteiger partial charge in [-0.25, -0.2) is 28.4 Å². The lowest BCUT2D eigenvalue weighted by Crippen LogP contribution is -2.63. The average molecular weight is 1170 g/mol. The number of piperazine rings is 1. The third-order valence-corrected chi connectivity index (χ3v) is 14.8. The van der Waals surface area contributed by atoms with E-state index in [0.29, 0.717) is 86.0 Å². The van der Waals surface area contributed by atoms with Gasteiger partial charge in [-0.3, -0.25) is 19.9 Å². The minimum atomic E-state index is -5.24. The van der Waals surface area contributed by atoms with Crippen molar-refractivity contribution in [1.82, 2.24) is 41.6 Å². The summed E-state index contributed by atoms with van der Waals surface area (Å²) in [5.74, 6) is 0.779. The van der Waals surface area contributed by atoms with Crippen LogP contribution in [-0.2, 0) is 36.8 Å². The number of hydrazine groups is 1. The van der Waals surface area contributed by atoms with E-state index >= 15 is 8.78 Å². The van der Waals surface area contributed by atoms with Crippen LogP contribution in [0.3, 0.4) is 0 Å². The molecular formula is C54H64F10N10O8. The second-order valence-corrected chi connectivity index (χ2v) is 21.1. The number of pyridine rings is 1. The summed E-state index contributed by atoms with van der Waals surface area (Å²) in [6, 6.07) is 5.43. The number of aliphatic hydroxyl groups excluding tert-OH is 1. The molecule has 0 aliphatic carbocycles. The molecule has 18 nitrogen and oxygen atoms in total. The van der Waals surface area contributed by atoms with E-state index in [4.69, 9.17) is 15.1 Å². The van der Waals surface area contributed by atoms with Gasteiger partial charge < -0.3 is 50.9 Å². The highest BCUT2D eigenvalue weighted by Gasteiger charge is 2.57. The van der Waals surface area contributed by atoms with Crippen molar-refractivity contribution in [2.75, 3.05) is 52.0 Å². The lowest BCUT2D eigenvalue weighted by atomic mass is 9.82. The van der Waals surface area contributed by atoms with Gasteiger partial charge in [0.15, 0.2) is 0 Å². The van der Waals surface area contributed by atoms with Gasteiger partial charge in [-0.1, -0.05) is 24.0 Å². The van der Waals surface area contributed by atoms with Crippen LogP contribution in [0.25, 0.3) is 0 Å². The number of alkyl halides is 8. The number of nitrogens with zero attached hydrogens (tertiary/aromatic N) is 4. The van der Waals surface area contributed by atoms with Crippen LogP contribution in [0.1, 0.15) is 74.0 Å². The molecule has 3 aliphatic rings. The van der Waals surface area contributed by atoms with Gasteiger partial charge in [0.2, 0.25) is 5.91 Å². The summed E-state index contributed by atoms with van der Waals surface area (Å²) in [5.41, 5.74) is -4.29. The van der Waals surface area contributed by atoms with Crippen LogP contribution in [0.4, 0.5) is 59.3 Å². The molecule has 448 valence electrons. The maximum absolute atomic E-state index is 16.0. The zero-order valence-corrected chi connectivity index (χ0v) is 45.6. The molecular weight excluding hydrogens is 1110 g/mol. The summed E-state index contributed by atoms with van der Waals surface area (Å²) in [7, 11) is 1.59. The first-order chi connectivity index (χ1) is 38.3. The Hall–Kier alpha value is -7.22. The van der Waals surface area contributed by atoms with E-state index in [1.54, 1.807) is 22.8 Å². The number of carbonyl (C=O) groups is 4. The van der Waals surface area contributed by atoms with Crippen molar-refractivity contribution in [1.29, 1.82) is 5.41 Å². The van der Waals surface area contributed by atoms with Crippen molar-refractivity contribution >= 4 is 35.5 Å². The highest BCUT2D eigenvalue weighted by molar-refractivity contribution is 6.06. The molecule has 28 heteroatoms. The van der Waals surface area contributed by atoms with Gasteiger partial charge in [-0.15, -0.1) is 0 Å². The van der Waals surface area contributed by atoms with Gasteiger partial charge in [0, 0.05) is 66.7 Å². The minimum absolute atomic E-state index is 0.265. The van der Waals surface area contributed by atoms with Crippen LogP contribution in [-0.4, -0.2) is 158 Å². The van der Waals surface area contributed by atoms with E-state index in [2.05, 4.69) is 36.4 Å². The largest absolute Gasteiger partial charge is 0.453 e. The lowest BCUT2D eigenvalue weighted by Gasteiger charge is -2.48. The number of fused-ring (bicyclic) bond motifs is 2. The fourth-order valence-corrected chi connectivity index (χ4v) is 9.59. The molecule has 2 aromatic carbocycles. The van der Waals surface area contributed by atoms with Crippen LogP contribution >= 0.6 is 0 Å². The van der Waals surface area contributed by atoms with E-state index in [-0.39, 0.29) is 5.56 Å². The number of aliphatic hydroxyl groups is 1. The Balaban J connectivity index is 1.32. The third kappa shape index (κ3) is 15.5. The fourth-order valence-electron chi connectivity index (χ4n) is 9.59. The van der Waals surface area contributed by atoms with Crippen LogP contribution in [0.2, 0.25) is 0 Å². The predicted octanol–water partition coefficient (Wildman–Crippen LogP) is 6.36. The molecule has 82 heavy (non-hydrogen) atoms. The third-order valence-electron chi connectivity index (χ3n) is 14.8. The molecule has 1 aromatic heterocycles. The molecule has 4 amide bonds. The van der Waals surface area contributed by atoms with Crippen molar-refractivity contribution in [3.8, 4) is 11.8 Å². The SMILES string of the molecule is COC(=O)N[C@H](C(=O)N[C@@H](Cc1ccc(C#Cc2ccc(N3CC4CCC(C3)N4C3COC3)nc2C)cc1)[C@@H](O)CN(Cc1c(F)cc(C(=N)/C=C\NC(F)F)cc1F)NC(=O)[C@@H](NC(=O)OC)C(C)(C)C(F)(F)F)C(C)(C)C(F)(F)F. The van der Waals surface area contributed by atoms with Gasteiger partial charge in [-0.2, -0.15) is 35.1 Å². The maximum Gasteiger partial charge on any atom is 0.407 e. The molecule has 2 unspecified atom stereocenters. The number of aromatic nitrogens is 1. The molecule has 0 radical (unpaired) electrons. The van der Waals surface area contributed by atoms with Crippen LogP contribution in [0, 0.1) is 46.6 Å². The number of hydrogen-bond acceptors (Lipinski definition) is 14. The monoisotopic (exact) mass is 1170 g/mol. The van der Waals surface area contributed by atoms with E-state index in [1.807, 2.05) is 29.8 Å². The first-order valence-electron chi connectivity index (χ1n) is 25.7. The number of carbonyl (C=O) groups excluding carboxylic acids is 4. The smallest absolute Gasteiger partial charge is 0.407 e. The standard InChI is InChI=1S/C54H64F10N10O8/c1-29-32(14-17-43(67-29)72-23-34-15-16-35(24-72)74(34)36-27-82-28-36)13-12-30-8-10-31(11-9-30)20-41(68-46(76)44(69-49(78)80-6)51(2,3)53(59,60)61)42(75)26-73(71-47(77)45(70-50(79)81-7)52(4,5)54(62,63)64)25-37-38(55)21-33(22-39(37)56)40(65)18-19-66-48(57)58/h8-11,14,17-19,21-22,34-36,41-42,44-45,48,65-66,75H,15-16,20,23-28H2,1-7H3,(H,68,76)(H,69,78)(H,70,79)(H,71,77)/b19-18-,65-40?/t34?,35?,41-,42-,44+,45+/m0/s1. The molecule has 2 bridgehead atoms. The van der Waals surface area contributed by atoms with Crippen LogP contribution < -0.4 is 31.6 Å². The Bertz CT molecular complexity index is 2860. The zero-order chi connectivity index (χ0) is 60.6. The van der Waals surface area contributed by atoms with Crippen molar-refractivity contribution in [2.24, 2.45) is 10.8 Å². The quantitative estimate of drug-likeness (QED) is 0.0203. The summed E-state index contributed by atoms with van der Waals surface area (Å²) >= 11 is 0. The van der Waals surface area contributed by atoms with E-state index in [0.717, 1.165) is 65.3 Å². The summed E-state index contributed by atoms with van der Waals surface area (Å²) in [6.45, 7) is 1.86. The Kier molecular flexibility index (Phi) is 20.6. The molecule has 0 saturated carbocycles. The number of anilines is 1. The number of aryl methyl sites for hydroxylation is 1. The number of hydrogen-bond donors (Lipinski definition) is 7. The molecule has 6 rings (SSSR count). The number of amides is 4. The number of rotatable bonds is 21. The number of nitrogens with one attached hydrogen (secondary N) is 6. The number of ether oxygens (including phenoxy) is 3. The highest BCUT2D eigenvalue weighted by Crippen LogP contribution is 2.42. The van der Waals surface area contributed by atoms with Crippen LogP contribution in [0.5, 0.6) is 0 Å².